The summed E-state index contributed by atoms with van der Waals surface area (Å²) in [6.45, 7) is 5.57. The number of benzene rings is 1. The third kappa shape index (κ3) is 4.47. The summed E-state index contributed by atoms with van der Waals surface area (Å²) in [7, 11) is 1.77. The highest BCUT2D eigenvalue weighted by atomic mass is 16.3. The molecule has 1 atom stereocenters. The lowest BCUT2D eigenvalue weighted by atomic mass is 10.1. The van der Waals surface area contributed by atoms with Crippen LogP contribution in [0.25, 0.3) is 11.5 Å². The van der Waals surface area contributed by atoms with Crippen molar-refractivity contribution in [2.24, 2.45) is 4.99 Å². The monoisotopic (exact) mass is 393 g/mol. The first-order valence-corrected chi connectivity index (χ1v) is 10.0. The highest BCUT2D eigenvalue weighted by Crippen LogP contribution is 2.18. The second-order valence-electron chi connectivity index (χ2n) is 7.54. The van der Waals surface area contributed by atoms with Crippen molar-refractivity contribution in [3.05, 3.63) is 53.9 Å². The maximum Gasteiger partial charge on any atom is 0.226 e. The lowest BCUT2D eigenvalue weighted by Gasteiger charge is -2.25. The fraction of sp³-hybridized carbons (Fsp3) is 0.429. The number of oxazole rings is 1. The molecule has 0 amide bonds. The molecule has 0 aliphatic carbocycles. The summed E-state index contributed by atoms with van der Waals surface area (Å²) in [5.74, 6) is 3.70. The summed E-state index contributed by atoms with van der Waals surface area (Å²) in [5.41, 5.74) is 1.79. The van der Waals surface area contributed by atoms with Crippen LogP contribution < -0.4 is 10.6 Å². The molecule has 1 unspecified atom stereocenters. The van der Waals surface area contributed by atoms with Gasteiger partial charge in [-0.15, -0.1) is 0 Å². The third-order valence-electron chi connectivity index (χ3n) is 4.96. The van der Waals surface area contributed by atoms with E-state index in [9.17, 15) is 0 Å². The molecule has 152 valence electrons. The number of nitrogens with one attached hydrogen (secondary N) is 2. The van der Waals surface area contributed by atoms with Gasteiger partial charge in [-0.2, -0.15) is 5.10 Å². The van der Waals surface area contributed by atoms with Gasteiger partial charge in [-0.05, 0) is 18.6 Å². The molecule has 29 heavy (non-hydrogen) atoms. The Hall–Kier alpha value is -3.16. The van der Waals surface area contributed by atoms with Crippen molar-refractivity contribution in [1.29, 1.82) is 0 Å². The molecule has 2 aromatic heterocycles. The van der Waals surface area contributed by atoms with Gasteiger partial charge >= 0.3 is 0 Å². The molecule has 2 N–H and O–H groups in total. The fourth-order valence-corrected chi connectivity index (χ4v) is 3.35. The lowest BCUT2D eigenvalue weighted by Crippen LogP contribution is -2.46. The predicted octanol–water partition coefficient (Wildman–Crippen LogP) is 2.74. The van der Waals surface area contributed by atoms with E-state index in [2.05, 4.69) is 44.5 Å². The molecule has 3 heterocycles. The van der Waals surface area contributed by atoms with E-state index in [1.807, 2.05) is 35.0 Å². The topological polar surface area (TPSA) is 93.2 Å². The number of hydrogen-bond acceptors (Lipinski definition) is 5. The van der Waals surface area contributed by atoms with E-state index >= 15 is 0 Å². The average molecular weight is 393 g/mol. The molecule has 8 nitrogen and oxygen atoms in total. The summed E-state index contributed by atoms with van der Waals surface area (Å²) < 4.78 is 7.62. The summed E-state index contributed by atoms with van der Waals surface area (Å²) in [4.78, 5) is 13.5. The van der Waals surface area contributed by atoms with Crippen LogP contribution in [-0.4, -0.2) is 38.8 Å². The molecule has 0 saturated heterocycles. The van der Waals surface area contributed by atoms with E-state index in [4.69, 9.17) is 4.42 Å². The molecule has 1 aliphatic rings. The molecule has 0 bridgehead atoms. The quantitative estimate of drug-likeness (QED) is 0.511. The van der Waals surface area contributed by atoms with Crippen molar-refractivity contribution in [2.75, 3.05) is 7.05 Å². The number of aromatic nitrogens is 4. The van der Waals surface area contributed by atoms with E-state index in [0.717, 1.165) is 48.3 Å². The van der Waals surface area contributed by atoms with Gasteiger partial charge in [0.2, 0.25) is 5.89 Å². The SMILES string of the molecule is CN=C(NCc1coc(-c2ccccc2)n1)NC1CCc2nc(C(C)C)nn2C1. The van der Waals surface area contributed by atoms with Crippen LogP contribution in [0.3, 0.4) is 0 Å². The van der Waals surface area contributed by atoms with E-state index < -0.39 is 0 Å². The minimum absolute atomic E-state index is 0.257. The molecular weight excluding hydrogens is 366 g/mol. The zero-order valence-corrected chi connectivity index (χ0v) is 17.1. The summed E-state index contributed by atoms with van der Waals surface area (Å²) in [6, 6.07) is 10.1. The van der Waals surface area contributed by atoms with Crippen molar-refractivity contribution in [3.8, 4) is 11.5 Å². The van der Waals surface area contributed by atoms with Crippen molar-refractivity contribution in [1.82, 2.24) is 30.4 Å². The Bertz CT molecular complexity index is 974. The van der Waals surface area contributed by atoms with E-state index in [1.165, 1.54) is 0 Å². The summed E-state index contributed by atoms with van der Waals surface area (Å²) in [5, 5.41) is 11.4. The fourth-order valence-electron chi connectivity index (χ4n) is 3.35. The summed E-state index contributed by atoms with van der Waals surface area (Å²) in [6.07, 6.45) is 3.59. The normalized spacial score (nSPS) is 16.7. The van der Waals surface area contributed by atoms with Gasteiger partial charge in [-0.1, -0.05) is 32.0 Å². The van der Waals surface area contributed by atoms with Crippen LogP contribution in [0.5, 0.6) is 0 Å². The van der Waals surface area contributed by atoms with Crippen LogP contribution >= 0.6 is 0 Å². The largest absolute Gasteiger partial charge is 0.444 e. The highest BCUT2D eigenvalue weighted by Gasteiger charge is 2.23. The first-order chi connectivity index (χ1) is 14.1. The van der Waals surface area contributed by atoms with Crippen molar-refractivity contribution in [2.45, 2.75) is 51.7 Å². The molecule has 1 aliphatic heterocycles. The van der Waals surface area contributed by atoms with E-state index in [1.54, 1.807) is 13.3 Å². The standard InChI is InChI=1S/C21H27N7O/c1-14(2)19-26-18-10-9-16(12-28(18)27-19)25-21(22-3)23-11-17-13-29-20(24-17)15-7-5-4-6-8-15/h4-8,13-14,16H,9-12H2,1-3H3,(H2,22,23,25). The van der Waals surface area contributed by atoms with Gasteiger partial charge in [0, 0.05) is 31.0 Å². The number of guanidine groups is 1. The van der Waals surface area contributed by atoms with Crippen LogP contribution in [0.1, 0.15) is 43.5 Å². The van der Waals surface area contributed by atoms with Crippen LogP contribution in [-0.2, 0) is 19.5 Å². The lowest BCUT2D eigenvalue weighted by molar-refractivity contribution is 0.391. The molecular formula is C21H27N7O. The Kier molecular flexibility index (Phi) is 5.59. The van der Waals surface area contributed by atoms with E-state index in [-0.39, 0.29) is 6.04 Å². The number of rotatable bonds is 5. The Morgan fingerprint density at radius 2 is 2.10 bits per heavy atom. The number of nitrogens with zero attached hydrogens (tertiary/aromatic N) is 5. The molecule has 0 fully saturated rings. The first-order valence-electron chi connectivity index (χ1n) is 10.0. The van der Waals surface area contributed by atoms with Gasteiger partial charge in [0.25, 0.3) is 0 Å². The Balaban J connectivity index is 1.33. The highest BCUT2D eigenvalue weighted by molar-refractivity contribution is 5.79. The Morgan fingerprint density at radius 1 is 1.28 bits per heavy atom. The number of fused-ring (bicyclic) bond motifs is 1. The molecule has 0 radical (unpaired) electrons. The first kappa shape index (κ1) is 19.2. The van der Waals surface area contributed by atoms with Crippen LogP contribution in [0.2, 0.25) is 0 Å². The second-order valence-corrected chi connectivity index (χ2v) is 7.54. The molecule has 4 rings (SSSR count). The number of aliphatic imine (C=N–C) groups is 1. The van der Waals surface area contributed by atoms with Gasteiger partial charge in [0.1, 0.15) is 12.1 Å². The Labute approximate surface area is 170 Å². The van der Waals surface area contributed by atoms with Gasteiger partial charge in [0.05, 0.1) is 18.8 Å². The third-order valence-corrected chi connectivity index (χ3v) is 4.96. The van der Waals surface area contributed by atoms with Crippen molar-refractivity contribution >= 4 is 5.96 Å². The Morgan fingerprint density at radius 3 is 2.86 bits per heavy atom. The van der Waals surface area contributed by atoms with Gasteiger partial charge < -0.3 is 15.1 Å². The van der Waals surface area contributed by atoms with Crippen molar-refractivity contribution < 1.29 is 4.42 Å². The minimum atomic E-state index is 0.257. The van der Waals surface area contributed by atoms with E-state index in [0.29, 0.717) is 18.4 Å². The van der Waals surface area contributed by atoms with Gasteiger partial charge in [-0.3, -0.25) is 4.99 Å². The predicted molar refractivity (Wildman–Crippen MR) is 111 cm³/mol. The zero-order chi connectivity index (χ0) is 20.2. The molecule has 0 saturated carbocycles. The number of hydrogen-bond donors (Lipinski definition) is 2. The second kappa shape index (κ2) is 8.46. The molecule has 3 aromatic rings. The molecule has 8 heteroatoms. The minimum Gasteiger partial charge on any atom is -0.444 e. The maximum atomic E-state index is 5.60. The summed E-state index contributed by atoms with van der Waals surface area (Å²) >= 11 is 0. The molecule has 1 aromatic carbocycles. The zero-order valence-electron chi connectivity index (χ0n) is 17.1. The maximum absolute atomic E-state index is 5.60. The van der Waals surface area contributed by atoms with Crippen LogP contribution in [0, 0.1) is 0 Å². The van der Waals surface area contributed by atoms with Crippen molar-refractivity contribution in [3.63, 3.8) is 0 Å². The van der Waals surface area contributed by atoms with Crippen LogP contribution in [0.15, 0.2) is 46.0 Å². The average Bonchev–Trinajstić information content (AvgIpc) is 3.38. The number of aryl methyl sites for hydroxylation is 1. The molecule has 0 spiro atoms. The van der Waals surface area contributed by atoms with Gasteiger partial charge in [0.15, 0.2) is 11.8 Å². The van der Waals surface area contributed by atoms with Crippen LogP contribution in [0.4, 0.5) is 0 Å². The smallest absolute Gasteiger partial charge is 0.226 e. The van der Waals surface area contributed by atoms with Gasteiger partial charge in [-0.25, -0.2) is 14.6 Å².